The summed E-state index contributed by atoms with van der Waals surface area (Å²) >= 11 is 0. The van der Waals surface area contributed by atoms with Gasteiger partial charge in [0.1, 0.15) is 0 Å². The van der Waals surface area contributed by atoms with E-state index in [0.29, 0.717) is 23.6 Å². The SMILES string of the molecule is CCn1ncc(OC)c1C(=O)c1ccnc2ccccc12. The average molecular weight is 281 g/mol. The van der Waals surface area contributed by atoms with Crippen LogP contribution in [0.1, 0.15) is 23.0 Å². The fraction of sp³-hybridized carbons (Fsp3) is 0.188. The van der Waals surface area contributed by atoms with Gasteiger partial charge < -0.3 is 4.74 Å². The Kier molecular flexibility index (Phi) is 3.39. The molecular formula is C16H15N3O2. The Morgan fingerprint density at radius 2 is 2.10 bits per heavy atom. The molecule has 2 aromatic heterocycles. The summed E-state index contributed by atoms with van der Waals surface area (Å²) in [6.07, 6.45) is 3.22. The molecule has 3 rings (SSSR count). The topological polar surface area (TPSA) is 57.0 Å². The lowest BCUT2D eigenvalue weighted by molar-refractivity contribution is 0.102. The molecule has 0 bridgehead atoms. The molecule has 0 fully saturated rings. The van der Waals surface area contributed by atoms with E-state index in [0.717, 1.165) is 10.9 Å². The maximum absolute atomic E-state index is 12.9. The Hall–Kier alpha value is -2.69. The van der Waals surface area contributed by atoms with Crippen molar-refractivity contribution in [1.29, 1.82) is 0 Å². The van der Waals surface area contributed by atoms with E-state index in [1.165, 1.54) is 0 Å². The Labute approximate surface area is 122 Å². The van der Waals surface area contributed by atoms with Crippen LogP contribution >= 0.6 is 0 Å². The van der Waals surface area contributed by atoms with Crippen molar-refractivity contribution in [1.82, 2.24) is 14.8 Å². The number of aryl methyl sites for hydroxylation is 1. The van der Waals surface area contributed by atoms with E-state index in [1.54, 1.807) is 30.3 Å². The number of methoxy groups -OCH3 is 1. The molecule has 0 spiro atoms. The molecule has 5 nitrogen and oxygen atoms in total. The van der Waals surface area contributed by atoms with E-state index in [9.17, 15) is 4.79 Å². The zero-order valence-electron chi connectivity index (χ0n) is 11.9. The number of ether oxygens (including phenoxy) is 1. The van der Waals surface area contributed by atoms with Crippen molar-refractivity contribution in [2.24, 2.45) is 0 Å². The molecule has 0 aliphatic rings. The molecule has 106 valence electrons. The highest BCUT2D eigenvalue weighted by Crippen LogP contribution is 2.25. The summed E-state index contributed by atoms with van der Waals surface area (Å²) in [7, 11) is 1.54. The lowest BCUT2D eigenvalue weighted by Gasteiger charge is -2.08. The molecule has 21 heavy (non-hydrogen) atoms. The van der Waals surface area contributed by atoms with Crippen molar-refractivity contribution in [3.8, 4) is 5.75 Å². The van der Waals surface area contributed by atoms with Gasteiger partial charge in [-0.05, 0) is 19.1 Å². The summed E-state index contributed by atoms with van der Waals surface area (Å²) < 4.78 is 6.91. The fourth-order valence-electron chi connectivity index (χ4n) is 2.41. The van der Waals surface area contributed by atoms with Crippen LogP contribution in [0.15, 0.2) is 42.7 Å². The first-order chi connectivity index (χ1) is 10.3. The molecule has 0 aliphatic carbocycles. The Balaban J connectivity index is 2.20. The lowest BCUT2D eigenvalue weighted by Crippen LogP contribution is -2.12. The largest absolute Gasteiger partial charge is 0.493 e. The minimum Gasteiger partial charge on any atom is -0.493 e. The van der Waals surface area contributed by atoms with Crippen molar-refractivity contribution in [2.75, 3.05) is 7.11 Å². The number of fused-ring (bicyclic) bond motifs is 1. The molecule has 0 saturated heterocycles. The maximum Gasteiger partial charge on any atom is 0.215 e. The first kappa shape index (κ1) is 13.3. The number of para-hydroxylation sites is 1. The van der Waals surface area contributed by atoms with Gasteiger partial charge in [0, 0.05) is 23.7 Å². The summed E-state index contributed by atoms with van der Waals surface area (Å²) in [5, 5.41) is 5.02. The molecule has 0 saturated carbocycles. The van der Waals surface area contributed by atoms with Crippen LogP contribution in [0, 0.1) is 0 Å². The zero-order valence-corrected chi connectivity index (χ0v) is 11.9. The van der Waals surface area contributed by atoms with Gasteiger partial charge in [-0.1, -0.05) is 18.2 Å². The molecule has 0 atom stereocenters. The number of aromatic nitrogens is 3. The maximum atomic E-state index is 12.9. The molecule has 1 aromatic carbocycles. The molecule has 5 heteroatoms. The molecule has 0 amide bonds. The number of pyridine rings is 1. The monoisotopic (exact) mass is 281 g/mol. The van der Waals surface area contributed by atoms with Gasteiger partial charge in [-0.25, -0.2) is 0 Å². The van der Waals surface area contributed by atoms with Crippen molar-refractivity contribution in [2.45, 2.75) is 13.5 Å². The number of hydrogen-bond donors (Lipinski definition) is 0. The van der Waals surface area contributed by atoms with E-state index >= 15 is 0 Å². The first-order valence-corrected chi connectivity index (χ1v) is 6.74. The predicted molar refractivity (Wildman–Crippen MR) is 79.6 cm³/mol. The Morgan fingerprint density at radius 3 is 2.86 bits per heavy atom. The fourth-order valence-corrected chi connectivity index (χ4v) is 2.41. The van der Waals surface area contributed by atoms with Gasteiger partial charge in [0.2, 0.25) is 5.78 Å². The molecule has 2 heterocycles. The van der Waals surface area contributed by atoms with Gasteiger partial charge in [-0.2, -0.15) is 5.10 Å². The van der Waals surface area contributed by atoms with Crippen molar-refractivity contribution >= 4 is 16.7 Å². The van der Waals surface area contributed by atoms with E-state index in [2.05, 4.69) is 10.1 Å². The van der Waals surface area contributed by atoms with Crippen LogP contribution in [0.4, 0.5) is 0 Å². The van der Waals surface area contributed by atoms with Crippen LogP contribution in [-0.4, -0.2) is 27.7 Å². The van der Waals surface area contributed by atoms with E-state index in [4.69, 9.17) is 4.74 Å². The smallest absolute Gasteiger partial charge is 0.215 e. The Bertz CT molecular complexity index is 781. The van der Waals surface area contributed by atoms with Gasteiger partial charge in [0.15, 0.2) is 11.4 Å². The van der Waals surface area contributed by atoms with Crippen LogP contribution in [0.3, 0.4) is 0 Å². The minimum atomic E-state index is -0.107. The summed E-state index contributed by atoms with van der Waals surface area (Å²) in [6, 6.07) is 9.32. The van der Waals surface area contributed by atoms with Crippen LogP contribution in [-0.2, 0) is 6.54 Å². The number of hydrogen-bond acceptors (Lipinski definition) is 4. The quantitative estimate of drug-likeness (QED) is 0.690. The molecule has 0 radical (unpaired) electrons. The lowest BCUT2D eigenvalue weighted by atomic mass is 10.0. The van der Waals surface area contributed by atoms with E-state index in [-0.39, 0.29) is 5.78 Å². The second-order valence-electron chi connectivity index (χ2n) is 4.58. The third-order valence-corrected chi connectivity index (χ3v) is 3.43. The van der Waals surface area contributed by atoms with Crippen LogP contribution < -0.4 is 4.74 Å². The zero-order chi connectivity index (χ0) is 14.8. The highest BCUT2D eigenvalue weighted by Gasteiger charge is 2.22. The second-order valence-corrected chi connectivity index (χ2v) is 4.58. The van der Waals surface area contributed by atoms with Gasteiger partial charge in [0.05, 0.1) is 18.8 Å². The van der Waals surface area contributed by atoms with Crippen molar-refractivity contribution < 1.29 is 9.53 Å². The molecular weight excluding hydrogens is 266 g/mol. The highest BCUT2D eigenvalue weighted by atomic mass is 16.5. The normalized spacial score (nSPS) is 10.8. The molecule has 0 unspecified atom stereocenters. The standard InChI is InChI=1S/C16H15N3O2/c1-3-19-15(14(21-2)10-18-19)16(20)12-8-9-17-13-7-5-4-6-11(12)13/h4-10H,3H2,1-2H3. The van der Waals surface area contributed by atoms with Crippen LogP contribution in [0.2, 0.25) is 0 Å². The summed E-state index contributed by atoms with van der Waals surface area (Å²) in [6.45, 7) is 2.54. The summed E-state index contributed by atoms with van der Waals surface area (Å²) in [5.41, 5.74) is 1.87. The van der Waals surface area contributed by atoms with Gasteiger partial charge >= 0.3 is 0 Å². The third-order valence-electron chi connectivity index (χ3n) is 3.43. The molecule has 0 N–H and O–H groups in total. The van der Waals surface area contributed by atoms with Crippen LogP contribution in [0.5, 0.6) is 5.75 Å². The number of nitrogens with zero attached hydrogens (tertiary/aromatic N) is 3. The number of ketones is 1. The van der Waals surface area contributed by atoms with Gasteiger partial charge in [0.25, 0.3) is 0 Å². The van der Waals surface area contributed by atoms with E-state index < -0.39 is 0 Å². The first-order valence-electron chi connectivity index (χ1n) is 6.74. The minimum absolute atomic E-state index is 0.107. The summed E-state index contributed by atoms with van der Waals surface area (Å²) in [4.78, 5) is 17.2. The van der Waals surface area contributed by atoms with Gasteiger partial charge in [-0.15, -0.1) is 0 Å². The number of carbonyl (C=O) groups is 1. The van der Waals surface area contributed by atoms with E-state index in [1.807, 2.05) is 31.2 Å². The number of rotatable bonds is 4. The number of carbonyl (C=O) groups excluding carboxylic acids is 1. The number of benzene rings is 1. The third kappa shape index (κ3) is 2.16. The van der Waals surface area contributed by atoms with Crippen molar-refractivity contribution in [3.05, 3.63) is 54.0 Å². The highest BCUT2D eigenvalue weighted by molar-refractivity contribution is 6.16. The molecule has 3 aromatic rings. The molecule has 0 aliphatic heterocycles. The Morgan fingerprint density at radius 1 is 1.29 bits per heavy atom. The van der Waals surface area contributed by atoms with Gasteiger partial charge in [-0.3, -0.25) is 14.5 Å². The second kappa shape index (κ2) is 5.36. The predicted octanol–water partition coefficient (Wildman–Crippen LogP) is 2.69. The summed E-state index contributed by atoms with van der Waals surface area (Å²) in [5.74, 6) is 0.382. The van der Waals surface area contributed by atoms with Crippen LogP contribution in [0.25, 0.3) is 10.9 Å². The van der Waals surface area contributed by atoms with Crippen molar-refractivity contribution in [3.63, 3.8) is 0 Å². The average Bonchev–Trinajstić information content (AvgIpc) is 2.96.